The van der Waals surface area contributed by atoms with Crippen LogP contribution in [0.4, 0.5) is 0 Å². The third-order valence-corrected chi connectivity index (χ3v) is 3.42. The zero-order valence-corrected chi connectivity index (χ0v) is 11.0. The second-order valence-corrected chi connectivity index (χ2v) is 4.75. The van der Waals surface area contributed by atoms with Crippen LogP contribution in [0.3, 0.4) is 0 Å². The molecule has 2 rings (SSSR count). The zero-order chi connectivity index (χ0) is 13.0. The van der Waals surface area contributed by atoms with E-state index in [2.05, 4.69) is 0 Å². The van der Waals surface area contributed by atoms with E-state index in [0.29, 0.717) is 13.0 Å². The average Bonchev–Trinajstić information content (AvgIpc) is 2.40. The lowest BCUT2D eigenvalue weighted by Crippen LogP contribution is -2.36. The quantitative estimate of drug-likeness (QED) is 0.615. The second kappa shape index (κ2) is 5.40. The van der Waals surface area contributed by atoms with Crippen molar-refractivity contribution >= 4 is 23.1 Å². The van der Waals surface area contributed by atoms with Gasteiger partial charge in [0.05, 0.1) is 6.61 Å². The monoisotopic (exact) mass is 262 g/mol. The molecular weight excluding hydrogens is 248 g/mol. The molecule has 18 heavy (non-hydrogen) atoms. The number of carbonyl (C=O) groups excluding carboxylic acids is 1. The maximum atomic E-state index is 12.1. The van der Waals surface area contributed by atoms with Crippen LogP contribution in [0.25, 0.3) is 5.57 Å². The van der Waals surface area contributed by atoms with Gasteiger partial charge in [0, 0.05) is 0 Å². The van der Waals surface area contributed by atoms with Crippen LogP contribution in [0.2, 0.25) is 0 Å². The number of carbonyl (C=O) groups is 1. The van der Waals surface area contributed by atoms with Crippen molar-refractivity contribution in [2.45, 2.75) is 18.2 Å². The summed E-state index contributed by atoms with van der Waals surface area (Å²) in [5.41, 5.74) is 1.75. The lowest BCUT2D eigenvalue weighted by molar-refractivity contribution is -0.144. The molecule has 1 aliphatic rings. The van der Waals surface area contributed by atoms with Gasteiger partial charge in [-0.25, -0.2) is 4.79 Å². The van der Waals surface area contributed by atoms with Crippen molar-refractivity contribution in [3.05, 3.63) is 54.1 Å². The molecule has 0 bridgehead atoms. The summed E-state index contributed by atoms with van der Waals surface area (Å²) in [5, 5.41) is 0. The van der Waals surface area contributed by atoms with Gasteiger partial charge in [-0.3, -0.25) is 0 Å². The number of rotatable bonds is 3. The Hall–Kier alpha value is -1.54. The number of allylic oxidation sites excluding steroid dienone is 3. The number of alkyl halides is 1. The summed E-state index contributed by atoms with van der Waals surface area (Å²) in [6.07, 6.45) is 6.13. The Kier molecular flexibility index (Phi) is 3.87. The minimum absolute atomic E-state index is 0.332. The SMILES string of the molecule is CCOC(=O)C1(Cl)CC=CC=C1c1ccccc1. The fourth-order valence-corrected chi connectivity index (χ4v) is 2.33. The molecule has 94 valence electrons. The minimum Gasteiger partial charge on any atom is -0.464 e. The van der Waals surface area contributed by atoms with E-state index in [1.54, 1.807) is 6.92 Å². The van der Waals surface area contributed by atoms with Gasteiger partial charge in [-0.15, -0.1) is 11.6 Å². The second-order valence-electron chi connectivity index (χ2n) is 4.10. The van der Waals surface area contributed by atoms with Gasteiger partial charge in [0.25, 0.3) is 0 Å². The van der Waals surface area contributed by atoms with Crippen molar-refractivity contribution in [1.29, 1.82) is 0 Å². The van der Waals surface area contributed by atoms with Crippen molar-refractivity contribution in [2.75, 3.05) is 6.61 Å². The summed E-state index contributed by atoms with van der Waals surface area (Å²) in [5.74, 6) is -0.383. The first kappa shape index (κ1) is 12.9. The third kappa shape index (κ3) is 2.34. The molecule has 0 heterocycles. The van der Waals surface area contributed by atoms with Crippen molar-refractivity contribution in [1.82, 2.24) is 0 Å². The summed E-state index contributed by atoms with van der Waals surface area (Å²) in [6.45, 7) is 2.11. The van der Waals surface area contributed by atoms with Gasteiger partial charge in [0.2, 0.25) is 0 Å². The van der Waals surface area contributed by atoms with E-state index >= 15 is 0 Å². The van der Waals surface area contributed by atoms with Crippen LogP contribution < -0.4 is 0 Å². The van der Waals surface area contributed by atoms with Gasteiger partial charge in [-0.2, -0.15) is 0 Å². The first-order chi connectivity index (χ1) is 8.68. The van der Waals surface area contributed by atoms with Crippen LogP contribution in [0, 0.1) is 0 Å². The normalized spacial score (nSPS) is 22.4. The Morgan fingerprint density at radius 2 is 2.11 bits per heavy atom. The van der Waals surface area contributed by atoms with Crippen LogP contribution in [-0.2, 0) is 9.53 Å². The van der Waals surface area contributed by atoms with E-state index in [0.717, 1.165) is 11.1 Å². The van der Waals surface area contributed by atoms with Crippen LogP contribution in [-0.4, -0.2) is 17.5 Å². The fraction of sp³-hybridized carbons (Fsp3) is 0.267. The Labute approximate surface area is 112 Å². The van der Waals surface area contributed by atoms with Gasteiger partial charge in [-0.05, 0) is 24.5 Å². The first-order valence-corrected chi connectivity index (χ1v) is 6.35. The highest BCUT2D eigenvalue weighted by Crippen LogP contribution is 2.40. The van der Waals surface area contributed by atoms with E-state index in [-0.39, 0.29) is 5.97 Å². The summed E-state index contributed by atoms with van der Waals surface area (Å²) in [4.78, 5) is 11.0. The van der Waals surface area contributed by atoms with E-state index in [1.165, 1.54) is 0 Å². The molecule has 0 fully saturated rings. The number of halogens is 1. The molecule has 2 nitrogen and oxygen atoms in total. The Balaban J connectivity index is 2.39. The molecule has 0 saturated carbocycles. The third-order valence-electron chi connectivity index (χ3n) is 2.91. The highest BCUT2D eigenvalue weighted by molar-refractivity contribution is 6.41. The van der Waals surface area contributed by atoms with Gasteiger partial charge in [0.1, 0.15) is 0 Å². The predicted octanol–water partition coefficient (Wildman–Crippen LogP) is 3.57. The molecule has 0 spiro atoms. The molecule has 1 atom stereocenters. The molecule has 3 heteroatoms. The summed E-state index contributed by atoms with van der Waals surface area (Å²) in [7, 11) is 0. The number of ether oxygens (including phenoxy) is 1. The molecule has 1 aromatic rings. The average molecular weight is 263 g/mol. The van der Waals surface area contributed by atoms with Gasteiger partial charge < -0.3 is 4.74 Å². The van der Waals surface area contributed by atoms with Gasteiger partial charge in [-0.1, -0.05) is 48.6 Å². The summed E-state index contributed by atoms with van der Waals surface area (Å²) < 4.78 is 5.09. The Bertz CT molecular complexity index is 490. The van der Waals surface area contributed by atoms with Gasteiger partial charge >= 0.3 is 5.97 Å². The van der Waals surface area contributed by atoms with E-state index in [4.69, 9.17) is 16.3 Å². The molecule has 1 aromatic carbocycles. The molecule has 1 unspecified atom stereocenters. The molecule has 0 N–H and O–H groups in total. The van der Waals surface area contributed by atoms with E-state index in [9.17, 15) is 4.79 Å². The molecule has 0 saturated heterocycles. The number of benzene rings is 1. The number of esters is 1. The Morgan fingerprint density at radius 3 is 2.78 bits per heavy atom. The van der Waals surface area contributed by atoms with Crippen LogP contribution in [0.15, 0.2) is 48.6 Å². The van der Waals surface area contributed by atoms with Crippen molar-refractivity contribution in [3.63, 3.8) is 0 Å². The molecule has 0 aliphatic heterocycles. The highest BCUT2D eigenvalue weighted by atomic mass is 35.5. The van der Waals surface area contributed by atoms with Crippen LogP contribution in [0.5, 0.6) is 0 Å². The standard InChI is InChI=1S/C15H15ClO2/c1-2-18-14(17)15(16)11-7-6-10-13(15)12-8-4-3-5-9-12/h3-10H,2,11H2,1H3. The van der Waals surface area contributed by atoms with Crippen molar-refractivity contribution < 1.29 is 9.53 Å². The highest BCUT2D eigenvalue weighted by Gasteiger charge is 2.42. The first-order valence-electron chi connectivity index (χ1n) is 5.97. The number of hydrogen-bond donors (Lipinski definition) is 0. The summed E-state index contributed by atoms with van der Waals surface area (Å²) in [6, 6.07) is 9.68. The fourth-order valence-electron chi connectivity index (χ4n) is 2.02. The van der Waals surface area contributed by atoms with E-state index < -0.39 is 4.87 Å². The lowest BCUT2D eigenvalue weighted by Gasteiger charge is -2.28. The van der Waals surface area contributed by atoms with Crippen molar-refractivity contribution in [2.24, 2.45) is 0 Å². The predicted molar refractivity (Wildman–Crippen MR) is 73.4 cm³/mol. The molecule has 0 radical (unpaired) electrons. The smallest absolute Gasteiger partial charge is 0.332 e. The molecule has 0 aromatic heterocycles. The molecule has 0 amide bonds. The number of hydrogen-bond acceptors (Lipinski definition) is 2. The van der Waals surface area contributed by atoms with Crippen molar-refractivity contribution in [3.8, 4) is 0 Å². The molecule has 1 aliphatic carbocycles. The Morgan fingerprint density at radius 1 is 1.39 bits per heavy atom. The summed E-state index contributed by atoms with van der Waals surface area (Å²) >= 11 is 6.51. The van der Waals surface area contributed by atoms with Gasteiger partial charge in [0.15, 0.2) is 4.87 Å². The van der Waals surface area contributed by atoms with E-state index in [1.807, 2.05) is 48.6 Å². The maximum Gasteiger partial charge on any atom is 0.332 e. The zero-order valence-electron chi connectivity index (χ0n) is 10.2. The lowest BCUT2D eigenvalue weighted by atomic mass is 9.86. The topological polar surface area (TPSA) is 26.3 Å². The van der Waals surface area contributed by atoms with Crippen LogP contribution in [0.1, 0.15) is 18.9 Å². The largest absolute Gasteiger partial charge is 0.464 e. The minimum atomic E-state index is -1.11. The maximum absolute atomic E-state index is 12.1. The van der Waals surface area contributed by atoms with Crippen LogP contribution >= 0.6 is 11.6 Å². The molecular formula is C15H15ClO2.